The summed E-state index contributed by atoms with van der Waals surface area (Å²) >= 11 is 1.59. The van der Waals surface area contributed by atoms with Gasteiger partial charge in [0, 0.05) is 18.0 Å². The number of amides is 2. The first kappa shape index (κ1) is 16.1. The normalized spacial score (nSPS) is 23.8. The van der Waals surface area contributed by atoms with Crippen LogP contribution in [0.2, 0.25) is 0 Å². The fourth-order valence-electron chi connectivity index (χ4n) is 2.73. The molecule has 0 bridgehead atoms. The van der Waals surface area contributed by atoms with Gasteiger partial charge in [0.25, 0.3) is 5.91 Å². The molecule has 23 heavy (non-hydrogen) atoms. The molecule has 0 saturated carbocycles. The standard InChI is InChI=1S/C16H20N2O4S/c1-21-12-6-4-11(5-7-12)17-15(19)13-9-23-10-18(13)16(20)14-3-2-8-22-14/h4-7,13-14H,2-3,8-10H2,1H3,(H,17,19)/t13-,14-/m0/s1. The van der Waals surface area contributed by atoms with Crippen molar-refractivity contribution in [3.8, 4) is 5.75 Å². The van der Waals surface area contributed by atoms with E-state index in [0.29, 0.717) is 23.9 Å². The number of benzene rings is 1. The van der Waals surface area contributed by atoms with E-state index < -0.39 is 6.04 Å². The van der Waals surface area contributed by atoms with Crippen molar-refractivity contribution in [2.45, 2.75) is 25.0 Å². The number of methoxy groups -OCH3 is 1. The largest absolute Gasteiger partial charge is 0.497 e. The van der Waals surface area contributed by atoms with E-state index in [0.717, 1.165) is 18.6 Å². The van der Waals surface area contributed by atoms with E-state index in [1.807, 2.05) is 0 Å². The average molecular weight is 336 g/mol. The molecule has 2 amide bonds. The van der Waals surface area contributed by atoms with Gasteiger partial charge in [0.1, 0.15) is 17.9 Å². The van der Waals surface area contributed by atoms with E-state index >= 15 is 0 Å². The molecule has 1 aromatic carbocycles. The number of thioether (sulfide) groups is 1. The quantitative estimate of drug-likeness (QED) is 0.907. The Morgan fingerprint density at radius 2 is 2.13 bits per heavy atom. The molecule has 0 aromatic heterocycles. The molecule has 2 atom stereocenters. The van der Waals surface area contributed by atoms with E-state index in [9.17, 15) is 9.59 Å². The van der Waals surface area contributed by atoms with Crippen molar-refractivity contribution < 1.29 is 19.1 Å². The van der Waals surface area contributed by atoms with Crippen LogP contribution >= 0.6 is 11.8 Å². The molecule has 2 aliphatic heterocycles. The van der Waals surface area contributed by atoms with Gasteiger partial charge < -0.3 is 19.7 Å². The van der Waals surface area contributed by atoms with E-state index in [4.69, 9.17) is 9.47 Å². The van der Waals surface area contributed by atoms with Crippen LogP contribution in [0.3, 0.4) is 0 Å². The first-order valence-electron chi connectivity index (χ1n) is 7.64. The Morgan fingerprint density at radius 3 is 2.78 bits per heavy atom. The lowest BCUT2D eigenvalue weighted by Gasteiger charge is -2.25. The third-order valence-electron chi connectivity index (χ3n) is 4.03. The van der Waals surface area contributed by atoms with Gasteiger partial charge in [-0.1, -0.05) is 0 Å². The molecule has 0 spiro atoms. The Bertz CT molecular complexity index is 572. The molecule has 0 aliphatic carbocycles. The fourth-order valence-corrected chi connectivity index (χ4v) is 3.90. The van der Waals surface area contributed by atoms with Gasteiger partial charge in [-0.05, 0) is 37.1 Å². The second kappa shape index (κ2) is 7.23. The number of nitrogens with one attached hydrogen (secondary N) is 1. The van der Waals surface area contributed by atoms with E-state index in [-0.39, 0.29) is 17.9 Å². The van der Waals surface area contributed by atoms with E-state index in [2.05, 4.69) is 5.32 Å². The number of carbonyl (C=O) groups excluding carboxylic acids is 2. The van der Waals surface area contributed by atoms with Crippen LogP contribution < -0.4 is 10.1 Å². The highest BCUT2D eigenvalue weighted by atomic mass is 32.2. The smallest absolute Gasteiger partial charge is 0.253 e. The maximum Gasteiger partial charge on any atom is 0.253 e. The van der Waals surface area contributed by atoms with Crippen LogP contribution in [0.25, 0.3) is 0 Å². The van der Waals surface area contributed by atoms with Crippen molar-refractivity contribution in [3.05, 3.63) is 24.3 Å². The molecule has 0 radical (unpaired) electrons. The third-order valence-corrected chi connectivity index (χ3v) is 5.04. The van der Waals surface area contributed by atoms with Gasteiger partial charge in [-0.25, -0.2) is 0 Å². The van der Waals surface area contributed by atoms with Crippen LogP contribution in [-0.4, -0.2) is 54.2 Å². The lowest BCUT2D eigenvalue weighted by Crippen LogP contribution is -2.48. The number of ether oxygens (including phenoxy) is 2. The Hall–Kier alpha value is -1.73. The van der Waals surface area contributed by atoms with Crippen LogP contribution in [0.5, 0.6) is 5.75 Å². The minimum Gasteiger partial charge on any atom is -0.497 e. The van der Waals surface area contributed by atoms with Gasteiger partial charge in [0.2, 0.25) is 5.91 Å². The summed E-state index contributed by atoms with van der Waals surface area (Å²) in [6.45, 7) is 0.625. The lowest BCUT2D eigenvalue weighted by molar-refractivity contribution is -0.144. The summed E-state index contributed by atoms with van der Waals surface area (Å²) in [6, 6.07) is 6.69. The zero-order valence-corrected chi connectivity index (χ0v) is 13.8. The number of rotatable bonds is 4. The van der Waals surface area contributed by atoms with Crippen LogP contribution in [0.4, 0.5) is 5.69 Å². The first-order chi connectivity index (χ1) is 11.2. The highest BCUT2D eigenvalue weighted by Gasteiger charge is 2.38. The molecule has 1 aromatic rings. The van der Waals surface area contributed by atoms with Crippen molar-refractivity contribution >= 4 is 29.3 Å². The van der Waals surface area contributed by atoms with Gasteiger partial charge in [-0.15, -0.1) is 11.8 Å². The number of hydrogen-bond donors (Lipinski definition) is 1. The molecular formula is C16H20N2O4S. The predicted molar refractivity (Wildman–Crippen MR) is 88.6 cm³/mol. The number of nitrogens with zero attached hydrogens (tertiary/aromatic N) is 1. The zero-order valence-electron chi connectivity index (χ0n) is 13.0. The van der Waals surface area contributed by atoms with Crippen LogP contribution in [0, 0.1) is 0 Å². The zero-order chi connectivity index (χ0) is 16.2. The Labute approximate surface area is 139 Å². The molecule has 2 saturated heterocycles. The van der Waals surface area contributed by atoms with Gasteiger partial charge in [0.05, 0.1) is 13.0 Å². The molecular weight excluding hydrogens is 316 g/mol. The Balaban J connectivity index is 1.64. The maximum atomic E-state index is 12.5. The topological polar surface area (TPSA) is 67.9 Å². The highest BCUT2D eigenvalue weighted by molar-refractivity contribution is 7.99. The summed E-state index contributed by atoms with van der Waals surface area (Å²) in [7, 11) is 1.60. The van der Waals surface area contributed by atoms with Crippen molar-refractivity contribution in [1.82, 2.24) is 4.90 Å². The molecule has 6 nitrogen and oxygen atoms in total. The van der Waals surface area contributed by atoms with E-state index in [1.165, 1.54) is 0 Å². The molecule has 2 fully saturated rings. The third kappa shape index (κ3) is 3.61. The summed E-state index contributed by atoms with van der Waals surface area (Å²) < 4.78 is 10.5. The van der Waals surface area contributed by atoms with Crippen molar-refractivity contribution in [1.29, 1.82) is 0 Å². The first-order valence-corrected chi connectivity index (χ1v) is 8.79. The molecule has 3 rings (SSSR count). The number of carbonyl (C=O) groups is 2. The van der Waals surface area contributed by atoms with E-state index in [1.54, 1.807) is 48.0 Å². The molecule has 124 valence electrons. The summed E-state index contributed by atoms with van der Waals surface area (Å²) in [6.07, 6.45) is 1.26. The van der Waals surface area contributed by atoms with Gasteiger partial charge in [0.15, 0.2) is 0 Å². The van der Waals surface area contributed by atoms with Gasteiger partial charge in [-0.2, -0.15) is 0 Å². The molecule has 1 N–H and O–H groups in total. The van der Waals surface area contributed by atoms with Crippen LogP contribution in [0.1, 0.15) is 12.8 Å². The molecule has 2 heterocycles. The highest BCUT2D eigenvalue weighted by Crippen LogP contribution is 2.26. The molecule has 0 unspecified atom stereocenters. The summed E-state index contributed by atoms with van der Waals surface area (Å²) in [5, 5.41) is 2.87. The SMILES string of the molecule is COc1ccc(NC(=O)[C@@H]2CSCN2C(=O)[C@@H]2CCCO2)cc1. The summed E-state index contributed by atoms with van der Waals surface area (Å²) in [5.41, 5.74) is 0.692. The minimum absolute atomic E-state index is 0.0672. The average Bonchev–Trinajstić information content (AvgIpc) is 3.26. The van der Waals surface area contributed by atoms with Crippen molar-refractivity contribution in [2.75, 3.05) is 30.7 Å². The lowest BCUT2D eigenvalue weighted by atomic mass is 10.2. The number of hydrogen-bond acceptors (Lipinski definition) is 5. The second-order valence-corrected chi connectivity index (χ2v) is 6.54. The monoisotopic (exact) mass is 336 g/mol. The van der Waals surface area contributed by atoms with Crippen LogP contribution in [-0.2, 0) is 14.3 Å². The van der Waals surface area contributed by atoms with Gasteiger partial charge in [-0.3, -0.25) is 9.59 Å². The summed E-state index contributed by atoms with van der Waals surface area (Å²) in [5.74, 6) is 1.66. The van der Waals surface area contributed by atoms with Crippen molar-refractivity contribution in [3.63, 3.8) is 0 Å². The molecule has 2 aliphatic rings. The summed E-state index contributed by atoms with van der Waals surface area (Å²) in [4.78, 5) is 26.6. The Morgan fingerprint density at radius 1 is 1.35 bits per heavy atom. The van der Waals surface area contributed by atoms with Crippen LogP contribution in [0.15, 0.2) is 24.3 Å². The van der Waals surface area contributed by atoms with Gasteiger partial charge >= 0.3 is 0 Å². The molecule has 7 heteroatoms. The predicted octanol–water partition coefficient (Wildman–Crippen LogP) is 1.71. The van der Waals surface area contributed by atoms with Crippen molar-refractivity contribution in [2.24, 2.45) is 0 Å². The maximum absolute atomic E-state index is 12.5. The fraction of sp³-hybridized carbons (Fsp3) is 0.500. The number of anilines is 1. The minimum atomic E-state index is -0.446. The Kier molecular flexibility index (Phi) is 5.07. The second-order valence-electron chi connectivity index (χ2n) is 5.54.